The minimum absolute atomic E-state index is 0.0908. The first-order valence-electron chi connectivity index (χ1n) is 4.69. The van der Waals surface area contributed by atoms with Gasteiger partial charge in [-0.1, -0.05) is 0 Å². The molecule has 0 unspecified atom stereocenters. The van der Waals surface area contributed by atoms with Crippen LogP contribution in [0.25, 0.3) is 0 Å². The van der Waals surface area contributed by atoms with Gasteiger partial charge >= 0.3 is 6.09 Å². The molecule has 2 heterocycles. The van der Waals surface area contributed by atoms with Crippen molar-refractivity contribution in [1.29, 1.82) is 0 Å². The van der Waals surface area contributed by atoms with E-state index < -0.39 is 6.09 Å². The summed E-state index contributed by atoms with van der Waals surface area (Å²) in [6.07, 6.45) is 3.47. The number of amides is 1. The summed E-state index contributed by atoms with van der Waals surface area (Å²) in [6, 6.07) is 0.206. The molecule has 2 fully saturated rings. The molecule has 0 aromatic carbocycles. The highest BCUT2D eigenvalue weighted by Gasteiger charge is 2.43. The highest BCUT2D eigenvalue weighted by molar-refractivity contribution is 5.67. The molecule has 2 bridgehead atoms. The number of nitrogens with zero attached hydrogens (tertiary/aromatic N) is 1. The van der Waals surface area contributed by atoms with Crippen molar-refractivity contribution in [2.45, 2.75) is 37.8 Å². The predicted octanol–water partition coefficient (Wildman–Crippen LogP) is 1.11. The van der Waals surface area contributed by atoms with Gasteiger partial charge in [0.25, 0.3) is 0 Å². The van der Waals surface area contributed by atoms with Gasteiger partial charge in [0, 0.05) is 18.0 Å². The third-order valence-corrected chi connectivity index (χ3v) is 3.18. The molecule has 0 aromatic rings. The standard InChI is InChI=1S/C9H13NO3/c11-5-6-3-7-1-2-8(4-6)10(7)9(12)13/h5-8H,1-4H2,(H,12,13)/t6-,7+,8-. The Labute approximate surface area is 76.5 Å². The Kier molecular flexibility index (Phi) is 1.98. The molecule has 4 heteroatoms. The Morgan fingerprint density at radius 3 is 2.23 bits per heavy atom. The molecule has 72 valence electrons. The second kappa shape index (κ2) is 3.01. The number of aldehydes is 1. The summed E-state index contributed by atoms with van der Waals surface area (Å²) in [6.45, 7) is 0. The van der Waals surface area contributed by atoms with Gasteiger partial charge in [-0.2, -0.15) is 0 Å². The Bertz CT molecular complexity index is 227. The third-order valence-electron chi connectivity index (χ3n) is 3.18. The van der Waals surface area contributed by atoms with Crippen molar-refractivity contribution in [3.05, 3.63) is 0 Å². The number of carbonyl (C=O) groups excluding carboxylic acids is 1. The Hall–Kier alpha value is -1.06. The number of carbonyl (C=O) groups is 2. The van der Waals surface area contributed by atoms with Gasteiger partial charge in [0.15, 0.2) is 0 Å². The zero-order chi connectivity index (χ0) is 9.42. The van der Waals surface area contributed by atoms with E-state index in [1.54, 1.807) is 4.90 Å². The minimum atomic E-state index is -0.822. The maximum Gasteiger partial charge on any atom is 0.407 e. The molecule has 0 saturated carbocycles. The van der Waals surface area contributed by atoms with Crippen molar-refractivity contribution < 1.29 is 14.7 Å². The van der Waals surface area contributed by atoms with E-state index in [2.05, 4.69) is 0 Å². The van der Waals surface area contributed by atoms with Crippen LogP contribution in [-0.2, 0) is 4.79 Å². The van der Waals surface area contributed by atoms with E-state index in [9.17, 15) is 9.59 Å². The molecule has 0 aliphatic carbocycles. The van der Waals surface area contributed by atoms with E-state index in [1.807, 2.05) is 0 Å². The van der Waals surface area contributed by atoms with Gasteiger partial charge < -0.3 is 14.8 Å². The summed E-state index contributed by atoms with van der Waals surface area (Å²) in [7, 11) is 0. The normalized spacial score (nSPS) is 37.5. The maximum atomic E-state index is 10.8. The van der Waals surface area contributed by atoms with E-state index in [0.29, 0.717) is 0 Å². The lowest BCUT2D eigenvalue weighted by molar-refractivity contribution is -0.113. The predicted molar refractivity (Wildman–Crippen MR) is 45.5 cm³/mol. The lowest BCUT2D eigenvalue weighted by Crippen LogP contribution is -2.46. The van der Waals surface area contributed by atoms with E-state index in [0.717, 1.165) is 32.0 Å². The van der Waals surface area contributed by atoms with Crippen molar-refractivity contribution in [1.82, 2.24) is 4.90 Å². The van der Waals surface area contributed by atoms with Crippen molar-refractivity contribution in [3.8, 4) is 0 Å². The molecule has 2 aliphatic heterocycles. The van der Waals surface area contributed by atoms with Crippen LogP contribution in [0.5, 0.6) is 0 Å². The van der Waals surface area contributed by atoms with Crippen LogP contribution in [0, 0.1) is 5.92 Å². The van der Waals surface area contributed by atoms with Gasteiger partial charge in [-0.05, 0) is 25.7 Å². The first-order chi connectivity index (χ1) is 6.22. The van der Waals surface area contributed by atoms with Gasteiger partial charge in [0.05, 0.1) is 0 Å². The second-order valence-electron chi connectivity index (χ2n) is 3.94. The topological polar surface area (TPSA) is 57.6 Å². The largest absolute Gasteiger partial charge is 0.465 e. The molecule has 13 heavy (non-hydrogen) atoms. The third kappa shape index (κ3) is 1.30. The molecule has 2 rings (SSSR count). The number of carboxylic acid groups (broad SMARTS) is 1. The van der Waals surface area contributed by atoms with E-state index in [1.165, 1.54) is 0 Å². The van der Waals surface area contributed by atoms with Gasteiger partial charge in [0.2, 0.25) is 0 Å². The van der Waals surface area contributed by atoms with Crippen LogP contribution in [0.4, 0.5) is 4.79 Å². The fourth-order valence-electron chi connectivity index (χ4n) is 2.64. The van der Waals surface area contributed by atoms with Crippen LogP contribution in [0.15, 0.2) is 0 Å². The molecule has 1 amide bonds. The highest BCUT2D eigenvalue weighted by atomic mass is 16.4. The lowest BCUT2D eigenvalue weighted by Gasteiger charge is -2.34. The molecule has 1 N–H and O–H groups in total. The quantitative estimate of drug-likeness (QED) is 0.619. The molecule has 0 spiro atoms. The highest BCUT2D eigenvalue weighted by Crippen LogP contribution is 2.37. The van der Waals surface area contributed by atoms with E-state index >= 15 is 0 Å². The molecule has 2 aliphatic rings. The van der Waals surface area contributed by atoms with Crippen LogP contribution >= 0.6 is 0 Å². The van der Waals surface area contributed by atoms with Gasteiger partial charge in [-0.25, -0.2) is 4.79 Å². The van der Waals surface area contributed by atoms with Crippen LogP contribution < -0.4 is 0 Å². The smallest absolute Gasteiger partial charge is 0.407 e. The molecule has 0 aromatic heterocycles. The zero-order valence-corrected chi connectivity index (χ0v) is 7.35. The minimum Gasteiger partial charge on any atom is -0.465 e. The number of fused-ring (bicyclic) bond motifs is 2. The molecule has 0 radical (unpaired) electrons. The van der Waals surface area contributed by atoms with Crippen molar-refractivity contribution in [2.24, 2.45) is 5.92 Å². The first kappa shape index (κ1) is 8.53. The summed E-state index contributed by atoms with van der Waals surface area (Å²) < 4.78 is 0. The Morgan fingerprint density at radius 2 is 1.85 bits per heavy atom. The van der Waals surface area contributed by atoms with E-state index in [-0.39, 0.29) is 18.0 Å². The molecular formula is C9H13NO3. The fourth-order valence-corrected chi connectivity index (χ4v) is 2.64. The van der Waals surface area contributed by atoms with E-state index in [4.69, 9.17) is 5.11 Å². The molecule has 3 atom stereocenters. The first-order valence-corrected chi connectivity index (χ1v) is 4.69. The van der Waals surface area contributed by atoms with Gasteiger partial charge in [0.1, 0.15) is 6.29 Å². The Balaban J connectivity index is 2.12. The number of rotatable bonds is 1. The summed E-state index contributed by atoms with van der Waals surface area (Å²) in [5.41, 5.74) is 0. The second-order valence-corrected chi connectivity index (χ2v) is 3.94. The van der Waals surface area contributed by atoms with Crippen LogP contribution in [-0.4, -0.2) is 34.5 Å². The zero-order valence-electron chi connectivity index (χ0n) is 7.35. The summed E-state index contributed by atoms with van der Waals surface area (Å²) in [5.74, 6) is 0.0908. The number of hydrogen-bond acceptors (Lipinski definition) is 2. The van der Waals surface area contributed by atoms with Crippen molar-refractivity contribution >= 4 is 12.4 Å². The van der Waals surface area contributed by atoms with Gasteiger partial charge in [-0.15, -0.1) is 0 Å². The number of piperidine rings is 1. The van der Waals surface area contributed by atoms with Crippen molar-refractivity contribution in [3.63, 3.8) is 0 Å². The average Bonchev–Trinajstić information content (AvgIpc) is 2.37. The molecule has 4 nitrogen and oxygen atoms in total. The van der Waals surface area contributed by atoms with Crippen LogP contribution in [0.2, 0.25) is 0 Å². The Morgan fingerprint density at radius 1 is 1.31 bits per heavy atom. The van der Waals surface area contributed by atoms with Crippen molar-refractivity contribution in [2.75, 3.05) is 0 Å². The van der Waals surface area contributed by atoms with Crippen LogP contribution in [0.1, 0.15) is 25.7 Å². The maximum absolute atomic E-state index is 10.8. The molecule has 2 saturated heterocycles. The van der Waals surface area contributed by atoms with Crippen LogP contribution in [0.3, 0.4) is 0 Å². The SMILES string of the molecule is O=C[C@H]1C[C@H]2CC[C@@H](C1)N2C(=O)O. The summed E-state index contributed by atoms with van der Waals surface area (Å²) >= 11 is 0. The molecular weight excluding hydrogens is 170 g/mol. The monoisotopic (exact) mass is 183 g/mol. The average molecular weight is 183 g/mol. The summed E-state index contributed by atoms with van der Waals surface area (Å²) in [5, 5.41) is 8.92. The van der Waals surface area contributed by atoms with Gasteiger partial charge in [-0.3, -0.25) is 0 Å². The summed E-state index contributed by atoms with van der Waals surface area (Å²) in [4.78, 5) is 23.0. The lowest BCUT2D eigenvalue weighted by atomic mass is 9.92. The fraction of sp³-hybridized carbons (Fsp3) is 0.778. The number of hydrogen-bond donors (Lipinski definition) is 1.